The highest BCUT2D eigenvalue weighted by molar-refractivity contribution is 7.89. The van der Waals surface area contributed by atoms with Gasteiger partial charge in [0, 0.05) is 11.1 Å². The highest BCUT2D eigenvalue weighted by atomic mass is 32.2. The zero-order valence-electron chi connectivity index (χ0n) is 7.55. The van der Waals surface area contributed by atoms with Gasteiger partial charge in [0.2, 0.25) is 0 Å². The molecule has 0 heterocycles. The maximum Gasteiger partial charge on any atom is 0.179 e. The molecule has 0 amide bonds. The van der Waals surface area contributed by atoms with E-state index in [1.54, 1.807) is 0 Å². The first-order valence-corrected chi connectivity index (χ1v) is 4.97. The lowest BCUT2D eigenvalue weighted by Gasteiger charge is -2.09. The fourth-order valence-corrected chi connectivity index (χ4v) is 2.24. The lowest BCUT2D eigenvalue weighted by atomic mass is 10.1. The van der Waals surface area contributed by atoms with Crippen molar-refractivity contribution in [2.45, 2.75) is 25.7 Å². The lowest BCUT2D eigenvalue weighted by molar-refractivity contribution is 0.595. The highest BCUT2D eigenvalue weighted by Crippen LogP contribution is 2.19. The van der Waals surface area contributed by atoms with Crippen molar-refractivity contribution in [2.75, 3.05) is 0 Å². The van der Waals surface area contributed by atoms with E-state index in [1.165, 1.54) is 5.56 Å². The zero-order valence-corrected chi connectivity index (χ0v) is 8.37. The average molecular weight is 183 g/mol. The van der Waals surface area contributed by atoms with Gasteiger partial charge in [0.25, 0.3) is 0 Å². The van der Waals surface area contributed by atoms with Crippen LogP contribution >= 0.6 is 0 Å². The second-order valence-corrected chi connectivity index (χ2v) is 4.03. The van der Waals surface area contributed by atoms with Crippen molar-refractivity contribution in [3.63, 3.8) is 0 Å². The van der Waals surface area contributed by atoms with E-state index in [-0.39, 0.29) is 0 Å². The minimum Gasteiger partial charge on any atom is -0.593 e. The number of hydrogen-bond donors (Lipinski definition) is 1. The lowest BCUT2D eigenvalue weighted by Crippen LogP contribution is -2.15. The molecule has 0 unspecified atom stereocenters. The summed E-state index contributed by atoms with van der Waals surface area (Å²) in [5, 5.41) is 5.34. The molecule has 1 atom stereocenters. The number of hydrogen-bond acceptors (Lipinski definition) is 2. The molecule has 0 saturated heterocycles. The molecule has 0 fully saturated rings. The molecular weight excluding hydrogens is 170 g/mol. The fraction of sp³-hybridized carbons (Fsp3) is 0.333. The van der Waals surface area contributed by atoms with Gasteiger partial charge in [0.15, 0.2) is 4.90 Å². The predicted octanol–water partition coefficient (Wildman–Crippen LogP) is 1.59. The summed E-state index contributed by atoms with van der Waals surface area (Å²) in [5.74, 6) is 0. The number of aryl methyl sites for hydroxylation is 3. The van der Waals surface area contributed by atoms with Crippen molar-refractivity contribution in [1.82, 2.24) is 0 Å². The van der Waals surface area contributed by atoms with Crippen LogP contribution in [0.3, 0.4) is 0 Å². The van der Waals surface area contributed by atoms with Gasteiger partial charge in [0.05, 0.1) is 11.4 Å². The summed E-state index contributed by atoms with van der Waals surface area (Å²) in [7, 11) is 0. The van der Waals surface area contributed by atoms with Crippen molar-refractivity contribution in [3.8, 4) is 0 Å². The van der Waals surface area contributed by atoms with Crippen LogP contribution in [0.15, 0.2) is 17.0 Å². The van der Waals surface area contributed by atoms with Gasteiger partial charge in [-0.3, -0.25) is 0 Å². The quantitative estimate of drug-likeness (QED) is 0.672. The molecule has 1 aromatic rings. The molecule has 66 valence electrons. The van der Waals surface area contributed by atoms with Crippen LogP contribution in [-0.2, 0) is 11.4 Å². The average Bonchev–Trinajstić information content (AvgIpc) is 1.82. The number of rotatable bonds is 1. The molecule has 2 nitrogen and oxygen atoms in total. The van der Waals surface area contributed by atoms with E-state index < -0.39 is 11.4 Å². The van der Waals surface area contributed by atoms with Gasteiger partial charge in [-0.05, 0) is 20.8 Å². The summed E-state index contributed by atoms with van der Waals surface area (Å²) in [6.45, 7) is 5.88. The van der Waals surface area contributed by atoms with Gasteiger partial charge in [-0.15, -0.1) is 5.14 Å². The molecule has 0 spiro atoms. The maximum atomic E-state index is 11.1. The summed E-state index contributed by atoms with van der Waals surface area (Å²) < 4.78 is 11.1. The third kappa shape index (κ3) is 1.80. The standard InChI is InChI=1S/C9H13NOS/c1-6-4-7(2)9(12(10)11)8(3)5-6/h4-5H,10H2,1-3H3/t12-/m1/s1. The Hall–Kier alpha value is -0.510. The van der Waals surface area contributed by atoms with Crippen molar-refractivity contribution in [1.29, 1.82) is 0 Å². The Labute approximate surface area is 76.1 Å². The Bertz CT molecular complexity index is 274. The zero-order chi connectivity index (χ0) is 9.30. The third-order valence-electron chi connectivity index (χ3n) is 1.81. The smallest absolute Gasteiger partial charge is 0.179 e. The molecule has 1 aromatic carbocycles. The van der Waals surface area contributed by atoms with Crippen LogP contribution < -0.4 is 5.14 Å². The minimum atomic E-state index is -1.36. The highest BCUT2D eigenvalue weighted by Gasteiger charge is 2.13. The third-order valence-corrected chi connectivity index (χ3v) is 2.85. The molecule has 12 heavy (non-hydrogen) atoms. The van der Waals surface area contributed by atoms with Crippen LogP contribution in [0.1, 0.15) is 16.7 Å². The maximum absolute atomic E-state index is 11.1. The SMILES string of the molecule is Cc1cc(C)c([S@+](N)[O-])c(C)c1. The Morgan fingerprint density at radius 1 is 1.17 bits per heavy atom. The Morgan fingerprint density at radius 2 is 1.58 bits per heavy atom. The summed E-state index contributed by atoms with van der Waals surface area (Å²) in [4.78, 5) is 0.764. The molecule has 0 saturated carbocycles. The second-order valence-electron chi connectivity index (χ2n) is 3.03. The topological polar surface area (TPSA) is 49.1 Å². The molecule has 0 aliphatic carbocycles. The van der Waals surface area contributed by atoms with Gasteiger partial charge in [-0.25, -0.2) is 0 Å². The molecule has 0 radical (unpaired) electrons. The molecule has 2 N–H and O–H groups in total. The molecule has 3 heteroatoms. The first-order valence-electron chi connectivity index (χ1n) is 3.76. The van der Waals surface area contributed by atoms with Crippen molar-refractivity contribution in [3.05, 3.63) is 28.8 Å². The van der Waals surface area contributed by atoms with Crippen LogP contribution in [0, 0.1) is 20.8 Å². The van der Waals surface area contributed by atoms with E-state index >= 15 is 0 Å². The molecule has 0 aliphatic rings. The summed E-state index contributed by atoms with van der Waals surface area (Å²) in [6.07, 6.45) is 0. The van der Waals surface area contributed by atoms with Crippen molar-refractivity contribution >= 4 is 11.4 Å². The fourth-order valence-electron chi connectivity index (χ4n) is 1.48. The molecule has 0 aliphatic heterocycles. The monoisotopic (exact) mass is 183 g/mol. The second kappa shape index (κ2) is 3.47. The van der Waals surface area contributed by atoms with Gasteiger partial charge in [-0.1, -0.05) is 17.7 Å². The van der Waals surface area contributed by atoms with E-state index in [0.717, 1.165) is 16.0 Å². The Morgan fingerprint density at radius 3 is 1.92 bits per heavy atom. The first-order chi connectivity index (χ1) is 5.52. The van der Waals surface area contributed by atoms with E-state index in [2.05, 4.69) is 0 Å². The molecular formula is C9H13NOS. The molecule has 0 bridgehead atoms. The van der Waals surface area contributed by atoms with Gasteiger partial charge < -0.3 is 4.55 Å². The largest absolute Gasteiger partial charge is 0.593 e. The number of nitrogens with two attached hydrogens (primary N) is 1. The summed E-state index contributed by atoms with van der Waals surface area (Å²) in [5.41, 5.74) is 3.20. The van der Waals surface area contributed by atoms with E-state index in [0.29, 0.717) is 0 Å². The summed E-state index contributed by atoms with van der Waals surface area (Å²) >= 11 is -1.36. The van der Waals surface area contributed by atoms with Gasteiger partial charge in [0.1, 0.15) is 0 Å². The summed E-state index contributed by atoms with van der Waals surface area (Å²) in [6, 6.07) is 3.99. The van der Waals surface area contributed by atoms with Crippen LogP contribution in [0.2, 0.25) is 0 Å². The van der Waals surface area contributed by atoms with E-state index in [1.807, 2.05) is 32.9 Å². The number of benzene rings is 1. The Kier molecular flexibility index (Phi) is 2.77. The molecule has 0 aromatic heterocycles. The Balaban J connectivity index is 3.28. The van der Waals surface area contributed by atoms with E-state index in [4.69, 9.17) is 5.14 Å². The first kappa shape index (κ1) is 9.58. The van der Waals surface area contributed by atoms with Crippen LogP contribution in [0.4, 0.5) is 0 Å². The van der Waals surface area contributed by atoms with E-state index in [9.17, 15) is 4.55 Å². The van der Waals surface area contributed by atoms with Crippen LogP contribution in [0.5, 0.6) is 0 Å². The van der Waals surface area contributed by atoms with Crippen molar-refractivity contribution in [2.24, 2.45) is 5.14 Å². The van der Waals surface area contributed by atoms with Crippen LogP contribution in [-0.4, -0.2) is 4.55 Å². The van der Waals surface area contributed by atoms with Gasteiger partial charge in [-0.2, -0.15) is 0 Å². The van der Waals surface area contributed by atoms with Gasteiger partial charge >= 0.3 is 0 Å². The predicted molar refractivity (Wildman–Crippen MR) is 51.2 cm³/mol. The van der Waals surface area contributed by atoms with Crippen molar-refractivity contribution < 1.29 is 4.55 Å². The normalized spacial score (nSPS) is 13.1. The minimum absolute atomic E-state index is 0.764. The molecule has 1 rings (SSSR count). The van der Waals surface area contributed by atoms with Crippen LogP contribution in [0.25, 0.3) is 0 Å².